The highest BCUT2D eigenvalue weighted by Gasteiger charge is 2.33. The van der Waals surface area contributed by atoms with E-state index in [1.807, 2.05) is 31.2 Å². The highest BCUT2D eigenvalue weighted by atomic mass is 19.1. The molecule has 0 aliphatic carbocycles. The van der Waals surface area contributed by atoms with Gasteiger partial charge >= 0.3 is 0 Å². The maximum absolute atomic E-state index is 13.2. The SMILES string of the molecule is Cc1cc(F)ccc1-c1ccc(COC(C)(CO)C(=O)NO)cc1. The van der Waals surface area contributed by atoms with Gasteiger partial charge in [0.1, 0.15) is 5.82 Å². The zero-order valence-electron chi connectivity index (χ0n) is 13.5. The third-order valence-electron chi connectivity index (χ3n) is 3.89. The van der Waals surface area contributed by atoms with Gasteiger partial charge in [-0.1, -0.05) is 30.3 Å². The second kappa shape index (κ2) is 7.53. The van der Waals surface area contributed by atoms with Crippen molar-refractivity contribution in [3.05, 3.63) is 59.4 Å². The van der Waals surface area contributed by atoms with Crippen molar-refractivity contribution in [1.29, 1.82) is 0 Å². The lowest BCUT2D eigenvalue weighted by atomic mass is 9.99. The molecule has 0 aromatic heterocycles. The Hall–Kier alpha value is -2.28. The number of hydroxylamine groups is 1. The third kappa shape index (κ3) is 3.97. The summed E-state index contributed by atoms with van der Waals surface area (Å²) in [5.41, 5.74) is 3.46. The Morgan fingerprint density at radius 2 is 1.92 bits per heavy atom. The summed E-state index contributed by atoms with van der Waals surface area (Å²) < 4.78 is 18.6. The molecule has 6 heteroatoms. The number of rotatable bonds is 6. The summed E-state index contributed by atoms with van der Waals surface area (Å²) in [6.07, 6.45) is 0. The van der Waals surface area contributed by atoms with Gasteiger partial charge in [0.25, 0.3) is 5.91 Å². The first-order valence-corrected chi connectivity index (χ1v) is 7.44. The summed E-state index contributed by atoms with van der Waals surface area (Å²) in [5.74, 6) is -1.09. The van der Waals surface area contributed by atoms with Crippen molar-refractivity contribution in [3.8, 4) is 11.1 Å². The van der Waals surface area contributed by atoms with E-state index in [1.165, 1.54) is 24.5 Å². The fourth-order valence-corrected chi connectivity index (χ4v) is 2.28. The number of aryl methyl sites for hydroxylation is 1. The molecular formula is C18H20FNO4. The third-order valence-corrected chi connectivity index (χ3v) is 3.89. The minimum atomic E-state index is -1.53. The van der Waals surface area contributed by atoms with Gasteiger partial charge in [0, 0.05) is 0 Å². The molecule has 24 heavy (non-hydrogen) atoms. The van der Waals surface area contributed by atoms with E-state index in [0.29, 0.717) is 0 Å². The van der Waals surface area contributed by atoms with Gasteiger partial charge in [-0.2, -0.15) is 0 Å². The first-order chi connectivity index (χ1) is 11.4. The lowest BCUT2D eigenvalue weighted by Gasteiger charge is -2.25. The van der Waals surface area contributed by atoms with E-state index in [4.69, 9.17) is 9.94 Å². The number of amides is 1. The van der Waals surface area contributed by atoms with Crippen LogP contribution in [0.2, 0.25) is 0 Å². The van der Waals surface area contributed by atoms with Gasteiger partial charge in [0.15, 0.2) is 5.60 Å². The maximum Gasteiger partial charge on any atom is 0.277 e. The number of benzene rings is 2. The van der Waals surface area contributed by atoms with Gasteiger partial charge in [-0.3, -0.25) is 10.0 Å². The Labute approximate surface area is 139 Å². The normalized spacial score (nSPS) is 13.4. The van der Waals surface area contributed by atoms with Crippen LogP contribution in [0.15, 0.2) is 42.5 Å². The molecular weight excluding hydrogens is 313 g/mol. The van der Waals surface area contributed by atoms with Gasteiger partial charge in [-0.25, -0.2) is 9.87 Å². The smallest absolute Gasteiger partial charge is 0.277 e. The Bertz CT molecular complexity index is 717. The van der Waals surface area contributed by atoms with Crippen molar-refractivity contribution in [2.24, 2.45) is 0 Å². The van der Waals surface area contributed by atoms with E-state index < -0.39 is 18.1 Å². The molecule has 128 valence electrons. The molecule has 0 fully saturated rings. The summed E-state index contributed by atoms with van der Waals surface area (Å²) >= 11 is 0. The molecule has 2 rings (SSSR count). The number of hydrogen-bond donors (Lipinski definition) is 3. The fraction of sp³-hybridized carbons (Fsp3) is 0.278. The summed E-state index contributed by atoms with van der Waals surface area (Å²) in [4.78, 5) is 11.5. The van der Waals surface area contributed by atoms with Crippen molar-refractivity contribution < 1.29 is 24.2 Å². The Morgan fingerprint density at radius 3 is 2.46 bits per heavy atom. The van der Waals surface area contributed by atoms with E-state index >= 15 is 0 Å². The Morgan fingerprint density at radius 1 is 1.25 bits per heavy atom. The Balaban J connectivity index is 2.11. The quantitative estimate of drug-likeness (QED) is 0.561. The number of halogens is 1. The molecule has 0 heterocycles. The average molecular weight is 333 g/mol. The van der Waals surface area contributed by atoms with Crippen LogP contribution < -0.4 is 5.48 Å². The molecule has 0 bridgehead atoms. The largest absolute Gasteiger partial charge is 0.393 e. The summed E-state index contributed by atoms with van der Waals surface area (Å²) in [6, 6.07) is 12.0. The van der Waals surface area contributed by atoms with Crippen molar-refractivity contribution in [2.45, 2.75) is 26.1 Å². The minimum absolute atomic E-state index is 0.0904. The van der Waals surface area contributed by atoms with Crippen LogP contribution in [0.1, 0.15) is 18.1 Å². The Kier molecular flexibility index (Phi) is 5.66. The van der Waals surface area contributed by atoms with Crippen LogP contribution in [-0.2, 0) is 16.1 Å². The summed E-state index contributed by atoms with van der Waals surface area (Å²) in [6.45, 7) is 2.75. The molecule has 0 aliphatic heterocycles. The predicted octanol–water partition coefficient (Wildman–Crippen LogP) is 2.57. The standard InChI is InChI=1S/C18H20FNO4/c1-12-9-15(19)7-8-16(12)14-5-3-13(4-6-14)10-24-18(2,11-21)17(22)20-23/h3-9,21,23H,10-11H2,1-2H3,(H,20,22). The van der Waals surface area contributed by atoms with Crippen LogP contribution in [-0.4, -0.2) is 28.4 Å². The molecule has 1 unspecified atom stereocenters. The van der Waals surface area contributed by atoms with Crippen LogP contribution in [0, 0.1) is 12.7 Å². The molecule has 0 saturated carbocycles. The highest BCUT2D eigenvalue weighted by Crippen LogP contribution is 2.25. The van der Waals surface area contributed by atoms with Crippen molar-refractivity contribution in [3.63, 3.8) is 0 Å². The topological polar surface area (TPSA) is 78.8 Å². The monoisotopic (exact) mass is 333 g/mol. The molecule has 2 aromatic rings. The second-order valence-corrected chi connectivity index (χ2v) is 5.77. The predicted molar refractivity (Wildman–Crippen MR) is 86.8 cm³/mol. The molecule has 2 aromatic carbocycles. The maximum atomic E-state index is 13.2. The van der Waals surface area contributed by atoms with E-state index in [0.717, 1.165) is 22.3 Å². The number of aliphatic hydroxyl groups excluding tert-OH is 1. The number of nitrogens with one attached hydrogen (secondary N) is 1. The molecule has 3 N–H and O–H groups in total. The summed E-state index contributed by atoms with van der Waals surface area (Å²) in [5, 5.41) is 18.0. The van der Waals surface area contributed by atoms with Crippen LogP contribution in [0.3, 0.4) is 0 Å². The number of aliphatic hydroxyl groups is 1. The number of carbonyl (C=O) groups excluding carboxylic acids is 1. The average Bonchev–Trinajstić information content (AvgIpc) is 2.59. The molecule has 1 atom stereocenters. The number of carbonyl (C=O) groups is 1. The van der Waals surface area contributed by atoms with Gasteiger partial charge in [0.2, 0.25) is 0 Å². The van der Waals surface area contributed by atoms with Crippen LogP contribution in [0.4, 0.5) is 4.39 Å². The molecule has 5 nitrogen and oxygen atoms in total. The first kappa shape index (κ1) is 18.1. The van der Waals surface area contributed by atoms with E-state index in [2.05, 4.69) is 0 Å². The molecule has 0 saturated heterocycles. The van der Waals surface area contributed by atoms with Crippen LogP contribution >= 0.6 is 0 Å². The zero-order valence-corrected chi connectivity index (χ0v) is 13.5. The number of hydrogen-bond acceptors (Lipinski definition) is 4. The highest BCUT2D eigenvalue weighted by molar-refractivity contribution is 5.83. The van der Waals surface area contributed by atoms with E-state index in [1.54, 1.807) is 6.07 Å². The zero-order chi connectivity index (χ0) is 17.7. The van der Waals surface area contributed by atoms with Crippen molar-refractivity contribution in [2.75, 3.05) is 6.61 Å². The van der Waals surface area contributed by atoms with Gasteiger partial charge < -0.3 is 9.84 Å². The van der Waals surface area contributed by atoms with Gasteiger partial charge in [-0.05, 0) is 48.2 Å². The molecule has 1 amide bonds. The van der Waals surface area contributed by atoms with Gasteiger partial charge in [0.05, 0.1) is 13.2 Å². The lowest BCUT2D eigenvalue weighted by molar-refractivity contribution is -0.161. The lowest BCUT2D eigenvalue weighted by Crippen LogP contribution is -2.48. The fourth-order valence-electron chi connectivity index (χ4n) is 2.28. The van der Waals surface area contributed by atoms with Crippen LogP contribution in [0.5, 0.6) is 0 Å². The van der Waals surface area contributed by atoms with E-state index in [9.17, 15) is 14.3 Å². The number of ether oxygens (including phenoxy) is 1. The summed E-state index contributed by atoms with van der Waals surface area (Å²) in [7, 11) is 0. The second-order valence-electron chi connectivity index (χ2n) is 5.77. The van der Waals surface area contributed by atoms with Gasteiger partial charge in [-0.15, -0.1) is 0 Å². The molecule has 0 radical (unpaired) electrons. The molecule has 0 spiro atoms. The minimum Gasteiger partial charge on any atom is -0.393 e. The van der Waals surface area contributed by atoms with Crippen molar-refractivity contribution >= 4 is 5.91 Å². The first-order valence-electron chi connectivity index (χ1n) is 7.44. The van der Waals surface area contributed by atoms with Crippen LogP contribution in [0.25, 0.3) is 11.1 Å². The van der Waals surface area contributed by atoms with Crippen molar-refractivity contribution in [1.82, 2.24) is 5.48 Å². The molecule has 0 aliphatic rings. The van der Waals surface area contributed by atoms with E-state index in [-0.39, 0.29) is 12.4 Å².